The van der Waals surface area contributed by atoms with Crippen LogP contribution in [0.5, 0.6) is 0 Å². The maximum absolute atomic E-state index is 13.7. The summed E-state index contributed by atoms with van der Waals surface area (Å²) in [6.45, 7) is 12.5. The fourth-order valence-electron chi connectivity index (χ4n) is 6.97. The Morgan fingerprint density at radius 1 is 0.800 bits per heavy atom. The lowest BCUT2D eigenvalue weighted by atomic mass is 9.89. The van der Waals surface area contributed by atoms with Crippen molar-refractivity contribution in [2.24, 2.45) is 0 Å². The van der Waals surface area contributed by atoms with Gasteiger partial charge in [-0.1, -0.05) is 0 Å². The molecule has 11 atom stereocenters. The SMILES string of the molecule is COC(=O)[C@@]1(SCCCOCC2O[C@@H]3OC(C)(C)OC3C3OC(C)(C)O[C@@H]23)C[C@@H](OC(C)=O)[C@@H](NC(C)=O)C([C@H](OC(C)=O)[C@@H](COC(C)=O)OC(C)=O)O1. The number of fused-ring (bicyclic) bond motifs is 3. The van der Waals surface area contributed by atoms with E-state index in [2.05, 4.69) is 5.32 Å². The zero-order valence-corrected chi connectivity index (χ0v) is 33.6. The van der Waals surface area contributed by atoms with E-state index in [0.717, 1.165) is 46.6 Å². The van der Waals surface area contributed by atoms with Gasteiger partial charge in [-0.05, 0) is 39.9 Å². The molecule has 55 heavy (non-hydrogen) atoms. The number of carbonyl (C=O) groups is 6. The Bertz CT molecular complexity index is 1430. The molecule has 4 rings (SSSR count). The minimum Gasteiger partial charge on any atom is -0.466 e. The fraction of sp³-hybridized carbons (Fsp3) is 0.829. The third-order valence-electron chi connectivity index (χ3n) is 8.80. The summed E-state index contributed by atoms with van der Waals surface area (Å²) in [5.74, 6) is -6.20. The maximum Gasteiger partial charge on any atom is 0.348 e. The molecule has 0 aromatic rings. The summed E-state index contributed by atoms with van der Waals surface area (Å²) in [4.78, 5) is 73.1. The van der Waals surface area contributed by atoms with Crippen LogP contribution in [-0.2, 0) is 85.6 Å². The Morgan fingerprint density at radius 3 is 2.04 bits per heavy atom. The molecule has 0 bridgehead atoms. The second-order valence-electron chi connectivity index (χ2n) is 14.4. The highest BCUT2D eigenvalue weighted by Gasteiger charge is 2.61. The molecule has 4 aliphatic rings. The molecule has 0 aromatic carbocycles. The van der Waals surface area contributed by atoms with E-state index in [1.165, 1.54) is 6.92 Å². The lowest BCUT2D eigenvalue weighted by molar-refractivity contribution is -0.243. The number of amides is 1. The topological polar surface area (TPSA) is 225 Å². The predicted octanol–water partition coefficient (Wildman–Crippen LogP) is 1.04. The molecule has 0 aromatic heterocycles. The van der Waals surface area contributed by atoms with Crippen LogP contribution >= 0.6 is 11.8 Å². The molecule has 0 saturated carbocycles. The van der Waals surface area contributed by atoms with Crippen LogP contribution in [0.4, 0.5) is 0 Å². The highest BCUT2D eigenvalue weighted by molar-refractivity contribution is 8.01. The van der Waals surface area contributed by atoms with Crippen molar-refractivity contribution >= 4 is 47.5 Å². The number of thioether (sulfide) groups is 1. The van der Waals surface area contributed by atoms with Crippen LogP contribution in [0.15, 0.2) is 0 Å². The number of esters is 5. The number of nitrogens with one attached hydrogen (secondary N) is 1. The molecule has 19 nitrogen and oxygen atoms in total. The van der Waals surface area contributed by atoms with Gasteiger partial charge in [0.2, 0.25) is 10.8 Å². The quantitative estimate of drug-likeness (QED) is 0.131. The molecule has 4 fully saturated rings. The van der Waals surface area contributed by atoms with E-state index >= 15 is 0 Å². The molecular weight excluding hydrogens is 754 g/mol. The molecule has 4 aliphatic heterocycles. The number of rotatable bonds is 16. The van der Waals surface area contributed by atoms with Crippen LogP contribution in [-0.4, -0.2) is 146 Å². The minimum absolute atomic E-state index is 0.121. The van der Waals surface area contributed by atoms with Crippen molar-refractivity contribution in [1.29, 1.82) is 0 Å². The van der Waals surface area contributed by atoms with Crippen LogP contribution in [0.25, 0.3) is 0 Å². The van der Waals surface area contributed by atoms with E-state index in [1.54, 1.807) is 27.7 Å². The van der Waals surface area contributed by atoms with Gasteiger partial charge in [0.1, 0.15) is 43.2 Å². The molecule has 1 N–H and O–H groups in total. The number of hydrogen-bond acceptors (Lipinski definition) is 19. The molecule has 312 valence electrons. The van der Waals surface area contributed by atoms with Crippen molar-refractivity contribution in [2.45, 2.75) is 153 Å². The average Bonchev–Trinajstić information content (AvgIpc) is 3.56. The standard InChI is InChI=1S/C35H53NO18S/c1-17(37)36-25-22(46-19(3)39)14-35(32(42)43-10,53-28(25)26(48-21(5)41)24(47-20(4)40)16-45-18(2)38)55-13-11-12-44-15-23-27-29(51-33(6,7)50-27)30-31(49-23)54-34(8,9)52-30/h22-31H,11-16H2,1-10H3,(H,36,37)/t22-,23?,24-,25-,26-,27+,28?,29?,30?,31-,35+/m1/s1. The summed E-state index contributed by atoms with van der Waals surface area (Å²) < 4.78 is 69.9. The zero-order chi connectivity index (χ0) is 40.9. The Hall–Kier alpha value is -3.11. The molecule has 4 unspecified atom stereocenters. The molecule has 4 saturated heterocycles. The Morgan fingerprint density at radius 2 is 1.44 bits per heavy atom. The predicted molar refractivity (Wildman–Crippen MR) is 186 cm³/mol. The van der Waals surface area contributed by atoms with Gasteiger partial charge in [-0.2, -0.15) is 0 Å². The summed E-state index contributed by atoms with van der Waals surface area (Å²) in [5, 5.41) is 2.65. The number of hydrogen-bond donors (Lipinski definition) is 1. The second kappa shape index (κ2) is 18.4. The summed E-state index contributed by atoms with van der Waals surface area (Å²) in [6.07, 6.45) is -8.49. The van der Waals surface area contributed by atoms with Gasteiger partial charge in [-0.25, -0.2) is 4.79 Å². The maximum atomic E-state index is 13.7. The first-order chi connectivity index (χ1) is 25.7. The van der Waals surface area contributed by atoms with Gasteiger partial charge < -0.3 is 62.2 Å². The zero-order valence-electron chi connectivity index (χ0n) is 32.8. The Kier molecular flexibility index (Phi) is 15.0. The fourth-order valence-corrected chi connectivity index (χ4v) is 8.23. The van der Waals surface area contributed by atoms with Gasteiger partial charge in [-0.3, -0.25) is 24.0 Å². The summed E-state index contributed by atoms with van der Waals surface area (Å²) in [6, 6.07) is -1.26. The number of carbonyl (C=O) groups excluding carboxylic acids is 6. The van der Waals surface area contributed by atoms with Crippen molar-refractivity contribution in [3.8, 4) is 0 Å². The molecule has 0 radical (unpaired) electrons. The molecule has 20 heteroatoms. The Labute approximate surface area is 323 Å². The van der Waals surface area contributed by atoms with Gasteiger partial charge in [0.15, 0.2) is 30.1 Å². The highest BCUT2D eigenvalue weighted by atomic mass is 32.2. The minimum atomic E-state index is -1.92. The van der Waals surface area contributed by atoms with Gasteiger partial charge in [-0.15, -0.1) is 11.8 Å². The van der Waals surface area contributed by atoms with Crippen molar-refractivity contribution < 1.29 is 85.6 Å². The van der Waals surface area contributed by atoms with E-state index in [0.29, 0.717) is 6.42 Å². The first kappa shape index (κ1) is 44.6. The first-order valence-corrected chi connectivity index (χ1v) is 18.9. The monoisotopic (exact) mass is 807 g/mol. The molecule has 4 heterocycles. The smallest absolute Gasteiger partial charge is 0.348 e. The van der Waals surface area contributed by atoms with Gasteiger partial charge in [0.05, 0.1) is 19.8 Å². The van der Waals surface area contributed by atoms with Crippen LogP contribution in [0.1, 0.15) is 75.2 Å². The van der Waals surface area contributed by atoms with Gasteiger partial charge >= 0.3 is 29.8 Å². The first-order valence-electron chi connectivity index (χ1n) is 17.9. The van der Waals surface area contributed by atoms with E-state index in [1.807, 2.05) is 0 Å². The highest BCUT2D eigenvalue weighted by Crippen LogP contribution is 2.45. The summed E-state index contributed by atoms with van der Waals surface area (Å²) >= 11 is 1.000. The van der Waals surface area contributed by atoms with E-state index in [9.17, 15) is 28.8 Å². The van der Waals surface area contributed by atoms with Crippen molar-refractivity contribution in [1.82, 2.24) is 5.32 Å². The van der Waals surface area contributed by atoms with Gasteiger partial charge in [0.25, 0.3) is 0 Å². The van der Waals surface area contributed by atoms with Crippen molar-refractivity contribution in [2.75, 3.05) is 32.7 Å². The van der Waals surface area contributed by atoms with Crippen LogP contribution < -0.4 is 5.32 Å². The van der Waals surface area contributed by atoms with E-state index in [4.69, 9.17) is 56.8 Å². The van der Waals surface area contributed by atoms with Gasteiger partial charge in [0, 0.05) is 47.6 Å². The average molecular weight is 808 g/mol. The molecule has 0 aliphatic carbocycles. The largest absolute Gasteiger partial charge is 0.466 e. The lowest BCUT2D eigenvalue weighted by Crippen LogP contribution is -2.68. The molecular formula is C35H53NO18S. The van der Waals surface area contributed by atoms with E-state index < -0.39 is 120 Å². The number of ether oxygens (including phenoxy) is 12. The normalized spacial score (nSPS) is 32.8. The van der Waals surface area contributed by atoms with Crippen molar-refractivity contribution in [3.05, 3.63) is 0 Å². The van der Waals surface area contributed by atoms with Crippen LogP contribution in [0.3, 0.4) is 0 Å². The third kappa shape index (κ3) is 11.7. The lowest BCUT2D eigenvalue weighted by Gasteiger charge is -2.48. The summed E-state index contributed by atoms with van der Waals surface area (Å²) in [7, 11) is 1.14. The summed E-state index contributed by atoms with van der Waals surface area (Å²) in [5.41, 5.74) is 0. The van der Waals surface area contributed by atoms with Crippen LogP contribution in [0.2, 0.25) is 0 Å². The third-order valence-corrected chi connectivity index (χ3v) is 10.2. The molecule has 1 amide bonds. The Balaban J connectivity index is 1.54. The van der Waals surface area contributed by atoms with E-state index in [-0.39, 0.29) is 25.4 Å². The number of methoxy groups -OCH3 is 1. The van der Waals surface area contributed by atoms with Crippen LogP contribution in [0, 0.1) is 0 Å². The van der Waals surface area contributed by atoms with Crippen molar-refractivity contribution in [3.63, 3.8) is 0 Å². The molecule has 0 spiro atoms. The second-order valence-corrected chi connectivity index (χ2v) is 15.8.